The zero-order chi connectivity index (χ0) is 11.8. The summed E-state index contributed by atoms with van der Waals surface area (Å²) < 4.78 is 9.10. The molecule has 0 aliphatic carbocycles. The third-order valence-corrected chi connectivity index (χ3v) is 3.49. The number of alkyl halides is 2. The molecule has 0 unspecified atom stereocenters. The van der Waals surface area contributed by atoms with Crippen molar-refractivity contribution >= 4 is 43.8 Å². The maximum Gasteiger partial charge on any atom is 0.319 e. The van der Waals surface area contributed by atoms with Gasteiger partial charge < -0.3 is 9.47 Å². The van der Waals surface area contributed by atoms with Gasteiger partial charge in [0.1, 0.15) is 9.65 Å². The predicted octanol–water partition coefficient (Wildman–Crippen LogP) is 2.03. The van der Waals surface area contributed by atoms with Gasteiger partial charge in [-0.25, -0.2) is 0 Å². The number of carbonyl (C=O) groups excluding carboxylic acids is 2. The van der Waals surface area contributed by atoms with Gasteiger partial charge in [-0.1, -0.05) is 38.3 Å². The third-order valence-electron chi connectivity index (χ3n) is 1.83. The molecule has 88 valence electrons. The Morgan fingerprint density at radius 2 is 1.33 bits per heavy atom. The molecule has 0 bridgehead atoms. The van der Waals surface area contributed by atoms with E-state index < -0.39 is 0 Å². The predicted molar refractivity (Wildman–Crippen MR) is 63.3 cm³/mol. The highest BCUT2D eigenvalue weighted by molar-refractivity contribution is 9.10. The van der Waals surface area contributed by atoms with Crippen molar-refractivity contribution in [2.45, 2.75) is 28.9 Å². The normalized spacial score (nSPS) is 14.1. The van der Waals surface area contributed by atoms with Crippen LogP contribution in [0.2, 0.25) is 0 Å². The molecule has 0 saturated heterocycles. The molecule has 0 fully saturated rings. The molecular weight excluding hydrogens is 332 g/mol. The van der Waals surface area contributed by atoms with Gasteiger partial charge >= 0.3 is 11.9 Å². The summed E-state index contributed by atoms with van der Waals surface area (Å²) >= 11 is 6.40. The van der Waals surface area contributed by atoms with Crippen LogP contribution in [0.3, 0.4) is 0 Å². The molecule has 0 heterocycles. The smallest absolute Gasteiger partial charge is 0.319 e. The Labute approximate surface area is 106 Å². The van der Waals surface area contributed by atoms with Gasteiger partial charge in [0.25, 0.3) is 0 Å². The van der Waals surface area contributed by atoms with Gasteiger partial charge in [0.05, 0.1) is 14.2 Å². The van der Waals surface area contributed by atoms with Gasteiger partial charge in [0.2, 0.25) is 0 Å². The SMILES string of the molecule is COC(=O)[C@H](Br)CCC[C@H](Br)C(=O)OC. The molecular formula is C9H14Br2O4. The molecule has 0 aromatic rings. The first-order valence-electron chi connectivity index (χ1n) is 4.46. The summed E-state index contributed by atoms with van der Waals surface area (Å²) in [4.78, 5) is 21.4. The lowest BCUT2D eigenvalue weighted by Crippen LogP contribution is -2.18. The molecule has 0 spiro atoms. The molecule has 0 aromatic carbocycles. The lowest BCUT2D eigenvalue weighted by atomic mass is 10.1. The van der Waals surface area contributed by atoms with Crippen molar-refractivity contribution < 1.29 is 19.1 Å². The van der Waals surface area contributed by atoms with Crippen molar-refractivity contribution in [3.63, 3.8) is 0 Å². The first-order chi connectivity index (χ1) is 7.02. The summed E-state index contributed by atoms with van der Waals surface area (Å²) in [6.45, 7) is 0. The standard InChI is InChI=1S/C9H14Br2O4/c1-14-8(12)6(10)4-3-5-7(11)9(13)15-2/h6-7H,3-5H2,1-2H3/t6-,7+. The Morgan fingerprint density at radius 1 is 1.00 bits per heavy atom. The van der Waals surface area contributed by atoms with Gasteiger partial charge in [-0.3, -0.25) is 9.59 Å². The van der Waals surface area contributed by atoms with Gasteiger partial charge in [0, 0.05) is 0 Å². The van der Waals surface area contributed by atoms with Gasteiger partial charge in [0.15, 0.2) is 0 Å². The number of hydrogen-bond donors (Lipinski definition) is 0. The minimum Gasteiger partial charge on any atom is -0.468 e. The van der Waals surface area contributed by atoms with Crippen LogP contribution in [-0.4, -0.2) is 35.8 Å². The molecule has 6 heteroatoms. The van der Waals surface area contributed by atoms with Crippen LogP contribution in [0.1, 0.15) is 19.3 Å². The number of ether oxygens (including phenoxy) is 2. The van der Waals surface area contributed by atoms with Crippen LogP contribution in [0, 0.1) is 0 Å². The second-order valence-electron chi connectivity index (χ2n) is 2.91. The number of esters is 2. The summed E-state index contributed by atoms with van der Waals surface area (Å²) in [5.41, 5.74) is 0. The molecule has 15 heavy (non-hydrogen) atoms. The Morgan fingerprint density at radius 3 is 1.60 bits per heavy atom. The van der Waals surface area contributed by atoms with Crippen molar-refractivity contribution in [2.75, 3.05) is 14.2 Å². The number of hydrogen-bond acceptors (Lipinski definition) is 4. The van der Waals surface area contributed by atoms with E-state index in [-0.39, 0.29) is 21.6 Å². The van der Waals surface area contributed by atoms with Crippen LogP contribution in [0.5, 0.6) is 0 Å². The average Bonchev–Trinajstić information content (AvgIpc) is 2.26. The molecule has 0 aliphatic heterocycles. The van der Waals surface area contributed by atoms with Crippen LogP contribution in [0.4, 0.5) is 0 Å². The second kappa shape index (κ2) is 8.10. The zero-order valence-electron chi connectivity index (χ0n) is 8.66. The van der Waals surface area contributed by atoms with Crippen LogP contribution in [0.25, 0.3) is 0 Å². The van der Waals surface area contributed by atoms with E-state index in [1.54, 1.807) is 0 Å². The van der Waals surface area contributed by atoms with Gasteiger partial charge in [-0.15, -0.1) is 0 Å². The van der Waals surface area contributed by atoms with Crippen LogP contribution in [-0.2, 0) is 19.1 Å². The highest BCUT2D eigenvalue weighted by Gasteiger charge is 2.18. The maximum atomic E-state index is 11.0. The molecule has 2 atom stereocenters. The minimum atomic E-state index is -0.306. The minimum absolute atomic E-state index is 0.292. The zero-order valence-corrected chi connectivity index (χ0v) is 11.8. The Bertz CT molecular complexity index is 198. The maximum absolute atomic E-state index is 11.0. The van der Waals surface area contributed by atoms with Gasteiger partial charge in [-0.05, 0) is 12.8 Å². The molecule has 0 aliphatic rings. The molecule has 0 radical (unpaired) electrons. The fourth-order valence-electron chi connectivity index (χ4n) is 0.968. The van der Waals surface area contributed by atoms with Crippen LogP contribution < -0.4 is 0 Å². The molecule has 0 aromatic heterocycles. The summed E-state index contributed by atoms with van der Waals surface area (Å²) in [6, 6.07) is 0. The Kier molecular flexibility index (Phi) is 8.04. The van der Waals surface area contributed by atoms with Crippen LogP contribution in [0.15, 0.2) is 0 Å². The van der Waals surface area contributed by atoms with E-state index >= 15 is 0 Å². The molecule has 0 saturated carbocycles. The summed E-state index contributed by atoms with van der Waals surface area (Å²) in [6.07, 6.45) is 1.99. The van der Waals surface area contributed by atoms with Crippen molar-refractivity contribution in [3.8, 4) is 0 Å². The monoisotopic (exact) mass is 344 g/mol. The first kappa shape index (κ1) is 14.9. The van der Waals surface area contributed by atoms with Crippen molar-refractivity contribution in [3.05, 3.63) is 0 Å². The van der Waals surface area contributed by atoms with Crippen molar-refractivity contribution in [1.82, 2.24) is 0 Å². The molecule has 0 rings (SSSR count). The second-order valence-corrected chi connectivity index (χ2v) is 5.12. The highest BCUT2D eigenvalue weighted by atomic mass is 79.9. The average molecular weight is 346 g/mol. The van der Waals surface area contributed by atoms with E-state index in [2.05, 4.69) is 41.3 Å². The Hall–Kier alpha value is -0.100. The number of methoxy groups -OCH3 is 2. The fourth-order valence-corrected chi connectivity index (χ4v) is 1.99. The number of halogens is 2. The molecule has 4 nitrogen and oxygen atoms in total. The van der Waals surface area contributed by atoms with E-state index in [1.807, 2.05) is 0 Å². The number of rotatable bonds is 6. The van der Waals surface area contributed by atoms with E-state index in [9.17, 15) is 9.59 Å². The first-order valence-corrected chi connectivity index (χ1v) is 6.29. The van der Waals surface area contributed by atoms with Crippen molar-refractivity contribution in [1.29, 1.82) is 0 Å². The third kappa shape index (κ3) is 6.14. The van der Waals surface area contributed by atoms with Gasteiger partial charge in [-0.2, -0.15) is 0 Å². The van der Waals surface area contributed by atoms with Crippen molar-refractivity contribution in [2.24, 2.45) is 0 Å². The summed E-state index contributed by atoms with van der Waals surface area (Å²) in [5, 5.41) is 0. The summed E-state index contributed by atoms with van der Waals surface area (Å²) in [5.74, 6) is -0.585. The topological polar surface area (TPSA) is 52.6 Å². The summed E-state index contributed by atoms with van der Waals surface area (Å²) in [7, 11) is 2.69. The van der Waals surface area contributed by atoms with E-state index in [0.717, 1.165) is 6.42 Å². The fraction of sp³-hybridized carbons (Fsp3) is 0.778. The van der Waals surface area contributed by atoms with E-state index in [1.165, 1.54) is 14.2 Å². The lowest BCUT2D eigenvalue weighted by Gasteiger charge is -2.09. The van der Waals surface area contributed by atoms with Crippen LogP contribution >= 0.6 is 31.9 Å². The van der Waals surface area contributed by atoms with E-state index in [0.29, 0.717) is 12.8 Å². The number of carbonyl (C=O) groups is 2. The largest absolute Gasteiger partial charge is 0.468 e. The Balaban J connectivity index is 3.70. The quantitative estimate of drug-likeness (QED) is 0.546. The molecule has 0 amide bonds. The van der Waals surface area contributed by atoms with E-state index in [4.69, 9.17) is 0 Å². The molecule has 0 N–H and O–H groups in total. The highest BCUT2D eigenvalue weighted by Crippen LogP contribution is 2.16. The lowest BCUT2D eigenvalue weighted by molar-refractivity contribution is -0.140.